The maximum absolute atomic E-state index is 12.0. The Kier molecular flexibility index (Phi) is 5.92. The van der Waals surface area contributed by atoms with E-state index in [1.165, 1.54) is 7.11 Å². The quantitative estimate of drug-likeness (QED) is 0.520. The van der Waals surface area contributed by atoms with Crippen molar-refractivity contribution in [3.8, 4) is 0 Å². The van der Waals surface area contributed by atoms with E-state index in [9.17, 15) is 14.4 Å². The Balaban J connectivity index is 2.64. The molecule has 0 bridgehead atoms. The minimum atomic E-state index is -1.13. The fourth-order valence-electron chi connectivity index (χ4n) is 1.91. The van der Waals surface area contributed by atoms with Gasteiger partial charge in [-0.1, -0.05) is 0 Å². The molecular weight excluding hydrogens is 278 g/mol. The van der Waals surface area contributed by atoms with Crippen molar-refractivity contribution < 1.29 is 24.2 Å². The molecule has 21 heavy (non-hydrogen) atoms. The lowest BCUT2D eigenvalue weighted by atomic mass is 10.1. The van der Waals surface area contributed by atoms with Crippen LogP contribution in [0.25, 0.3) is 0 Å². The summed E-state index contributed by atoms with van der Waals surface area (Å²) in [6.45, 7) is 3.71. The van der Waals surface area contributed by atoms with E-state index in [0.717, 1.165) is 0 Å². The molecule has 0 unspecified atom stereocenters. The number of H-pyrrole nitrogens is 1. The highest BCUT2D eigenvalue weighted by Gasteiger charge is 2.21. The number of hydrogen-bond donors (Lipinski definition) is 4. The van der Waals surface area contributed by atoms with Crippen molar-refractivity contribution in [3.63, 3.8) is 0 Å². The predicted octanol–water partition coefficient (Wildman–Crippen LogP) is -0.178. The van der Waals surface area contributed by atoms with Crippen molar-refractivity contribution in [2.75, 3.05) is 26.8 Å². The van der Waals surface area contributed by atoms with Crippen molar-refractivity contribution >= 4 is 17.8 Å². The third kappa shape index (κ3) is 4.32. The summed E-state index contributed by atoms with van der Waals surface area (Å²) in [6, 6.07) is 0. The molecule has 1 aromatic rings. The summed E-state index contributed by atoms with van der Waals surface area (Å²) in [5, 5.41) is 14.0. The van der Waals surface area contributed by atoms with E-state index in [2.05, 4.69) is 15.6 Å². The first kappa shape index (κ1) is 16.7. The molecule has 0 fully saturated rings. The summed E-state index contributed by atoms with van der Waals surface area (Å²) in [4.78, 5) is 37.1. The van der Waals surface area contributed by atoms with Gasteiger partial charge in [0.25, 0.3) is 5.91 Å². The highest BCUT2D eigenvalue weighted by atomic mass is 16.5. The molecule has 0 aliphatic heterocycles. The number of aryl methyl sites for hydroxylation is 1. The SMILES string of the molecule is COCCNC(=O)CNC(=O)c1c(C)[nH]c(C(=O)O)c1C. The number of amides is 2. The van der Waals surface area contributed by atoms with Gasteiger partial charge in [0, 0.05) is 19.3 Å². The van der Waals surface area contributed by atoms with Gasteiger partial charge in [-0.2, -0.15) is 0 Å². The number of hydrogen-bond acceptors (Lipinski definition) is 4. The Bertz CT molecular complexity index is 550. The van der Waals surface area contributed by atoms with Crippen LogP contribution in [0.15, 0.2) is 0 Å². The molecule has 0 aromatic carbocycles. The van der Waals surface area contributed by atoms with Crippen LogP contribution in [0.5, 0.6) is 0 Å². The molecule has 0 saturated carbocycles. The van der Waals surface area contributed by atoms with Gasteiger partial charge in [-0.25, -0.2) is 4.79 Å². The van der Waals surface area contributed by atoms with E-state index < -0.39 is 11.9 Å². The molecule has 116 valence electrons. The Hall–Kier alpha value is -2.35. The number of aromatic nitrogens is 1. The van der Waals surface area contributed by atoms with Crippen LogP contribution in [0, 0.1) is 13.8 Å². The van der Waals surface area contributed by atoms with Crippen LogP contribution in [0.1, 0.15) is 32.1 Å². The maximum Gasteiger partial charge on any atom is 0.352 e. The molecule has 4 N–H and O–H groups in total. The van der Waals surface area contributed by atoms with E-state index in [0.29, 0.717) is 24.4 Å². The maximum atomic E-state index is 12.0. The van der Waals surface area contributed by atoms with Crippen LogP contribution in [-0.4, -0.2) is 54.7 Å². The zero-order valence-corrected chi connectivity index (χ0v) is 12.2. The third-order valence-corrected chi connectivity index (χ3v) is 2.92. The summed E-state index contributed by atoms with van der Waals surface area (Å²) < 4.78 is 4.78. The lowest BCUT2D eigenvalue weighted by molar-refractivity contribution is -0.120. The lowest BCUT2D eigenvalue weighted by Gasteiger charge is -2.07. The molecule has 8 heteroatoms. The van der Waals surface area contributed by atoms with Crippen LogP contribution in [0.3, 0.4) is 0 Å². The molecule has 0 radical (unpaired) electrons. The molecule has 0 atom stereocenters. The van der Waals surface area contributed by atoms with E-state index >= 15 is 0 Å². The van der Waals surface area contributed by atoms with Crippen LogP contribution in [0.2, 0.25) is 0 Å². The van der Waals surface area contributed by atoms with Crippen molar-refractivity contribution in [1.82, 2.24) is 15.6 Å². The number of aromatic carboxylic acids is 1. The number of methoxy groups -OCH3 is 1. The van der Waals surface area contributed by atoms with Gasteiger partial charge in [-0.05, 0) is 19.4 Å². The zero-order chi connectivity index (χ0) is 16.0. The fraction of sp³-hybridized carbons (Fsp3) is 0.462. The van der Waals surface area contributed by atoms with E-state index in [-0.39, 0.29) is 23.7 Å². The monoisotopic (exact) mass is 297 g/mol. The number of ether oxygens (including phenoxy) is 1. The number of carboxylic acid groups (broad SMARTS) is 1. The number of aromatic amines is 1. The minimum Gasteiger partial charge on any atom is -0.477 e. The minimum absolute atomic E-state index is 0.0257. The Morgan fingerprint density at radius 2 is 1.90 bits per heavy atom. The molecule has 0 saturated heterocycles. The van der Waals surface area contributed by atoms with Gasteiger partial charge in [0.2, 0.25) is 5.91 Å². The van der Waals surface area contributed by atoms with Crippen LogP contribution < -0.4 is 10.6 Å². The number of carboxylic acids is 1. The summed E-state index contributed by atoms with van der Waals surface area (Å²) in [5.74, 6) is -1.97. The largest absolute Gasteiger partial charge is 0.477 e. The first-order valence-electron chi connectivity index (χ1n) is 6.34. The topological polar surface area (TPSA) is 121 Å². The van der Waals surface area contributed by atoms with Crippen molar-refractivity contribution in [3.05, 3.63) is 22.5 Å². The van der Waals surface area contributed by atoms with Crippen molar-refractivity contribution in [2.45, 2.75) is 13.8 Å². The number of carbonyl (C=O) groups excluding carboxylic acids is 2. The zero-order valence-electron chi connectivity index (χ0n) is 12.2. The van der Waals surface area contributed by atoms with Crippen LogP contribution in [0.4, 0.5) is 0 Å². The summed E-state index contributed by atoms with van der Waals surface area (Å²) in [7, 11) is 1.52. The highest BCUT2D eigenvalue weighted by Crippen LogP contribution is 2.17. The van der Waals surface area contributed by atoms with Gasteiger partial charge in [-0.3, -0.25) is 9.59 Å². The standard InChI is InChI=1S/C13H19N3O5/c1-7-10(8(2)16-11(7)13(19)20)12(18)15-6-9(17)14-4-5-21-3/h16H,4-6H2,1-3H3,(H,14,17)(H,15,18)(H,19,20). The Morgan fingerprint density at radius 1 is 1.24 bits per heavy atom. The molecule has 1 heterocycles. The third-order valence-electron chi connectivity index (χ3n) is 2.92. The van der Waals surface area contributed by atoms with Crippen LogP contribution >= 0.6 is 0 Å². The predicted molar refractivity (Wildman–Crippen MR) is 74.4 cm³/mol. The average Bonchev–Trinajstić information content (AvgIpc) is 2.72. The normalized spacial score (nSPS) is 10.2. The summed E-state index contributed by atoms with van der Waals surface area (Å²) in [6.07, 6.45) is 0. The van der Waals surface area contributed by atoms with Crippen molar-refractivity contribution in [2.24, 2.45) is 0 Å². The molecule has 0 aliphatic carbocycles. The number of rotatable bonds is 7. The second kappa shape index (κ2) is 7.44. The second-order valence-electron chi connectivity index (χ2n) is 4.46. The van der Waals surface area contributed by atoms with E-state index in [1.807, 2.05) is 0 Å². The van der Waals surface area contributed by atoms with Gasteiger partial charge in [0.15, 0.2) is 0 Å². The lowest BCUT2D eigenvalue weighted by Crippen LogP contribution is -2.38. The molecule has 1 rings (SSSR count). The van der Waals surface area contributed by atoms with Gasteiger partial charge < -0.3 is 25.5 Å². The highest BCUT2D eigenvalue weighted by molar-refractivity contribution is 6.01. The molecule has 0 aliphatic rings. The van der Waals surface area contributed by atoms with E-state index in [4.69, 9.17) is 9.84 Å². The number of nitrogens with one attached hydrogen (secondary N) is 3. The molecule has 2 amide bonds. The number of carbonyl (C=O) groups is 3. The van der Waals surface area contributed by atoms with Gasteiger partial charge in [0.1, 0.15) is 5.69 Å². The van der Waals surface area contributed by atoms with Gasteiger partial charge >= 0.3 is 5.97 Å². The van der Waals surface area contributed by atoms with Crippen molar-refractivity contribution in [1.29, 1.82) is 0 Å². The molecule has 0 spiro atoms. The average molecular weight is 297 g/mol. The van der Waals surface area contributed by atoms with Crippen LogP contribution in [-0.2, 0) is 9.53 Å². The second-order valence-corrected chi connectivity index (χ2v) is 4.46. The first-order valence-corrected chi connectivity index (χ1v) is 6.34. The fourth-order valence-corrected chi connectivity index (χ4v) is 1.91. The summed E-state index contributed by atoms with van der Waals surface area (Å²) >= 11 is 0. The Labute approximate surface area is 121 Å². The molecule has 1 aromatic heterocycles. The van der Waals surface area contributed by atoms with Gasteiger partial charge in [-0.15, -0.1) is 0 Å². The first-order chi connectivity index (χ1) is 9.88. The Morgan fingerprint density at radius 3 is 2.43 bits per heavy atom. The van der Waals surface area contributed by atoms with Gasteiger partial charge in [0.05, 0.1) is 18.7 Å². The summed E-state index contributed by atoms with van der Waals surface area (Å²) in [5.41, 5.74) is 1.01. The molecule has 8 nitrogen and oxygen atoms in total. The smallest absolute Gasteiger partial charge is 0.352 e. The molecular formula is C13H19N3O5. The van der Waals surface area contributed by atoms with E-state index in [1.54, 1.807) is 13.8 Å².